The van der Waals surface area contributed by atoms with Crippen LogP contribution in [0.15, 0.2) is 89.8 Å². The van der Waals surface area contributed by atoms with Crippen LogP contribution in [0, 0.1) is 13.8 Å². The van der Waals surface area contributed by atoms with E-state index >= 15 is 0 Å². The Morgan fingerprint density at radius 2 is 1.30 bits per heavy atom. The number of carbonyl (C=O) groups is 1. The van der Waals surface area contributed by atoms with Crippen LogP contribution in [0.3, 0.4) is 0 Å². The van der Waals surface area contributed by atoms with Gasteiger partial charge in [-0.05, 0) is 42.6 Å². The third kappa shape index (κ3) is 10.7. The molecule has 0 saturated carbocycles. The van der Waals surface area contributed by atoms with Gasteiger partial charge in [-0.25, -0.2) is 0 Å². The fourth-order valence-corrected chi connectivity index (χ4v) is 2.25. The van der Waals surface area contributed by atoms with E-state index in [-0.39, 0.29) is 0 Å². The maximum absolute atomic E-state index is 10.3. The van der Waals surface area contributed by atoms with E-state index in [1.54, 1.807) is 24.3 Å². The molecule has 1 atom stereocenters. The zero-order chi connectivity index (χ0) is 19.9. The molecule has 3 rings (SSSR count). The molecule has 0 aliphatic heterocycles. The molecule has 4 nitrogen and oxygen atoms in total. The summed E-state index contributed by atoms with van der Waals surface area (Å²) >= 11 is -2.09. The minimum atomic E-state index is -2.09. The Kier molecular flexibility index (Phi) is 11.1. The molecule has 0 spiro atoms. The van der Waals surface area contributed by atoms with Crippen molar-refractivity contribution in [1.29, 1.82) is 0 Å². The van der Waals surface area contributed by atoms with E-state index in [9.17, 15) is 13.6 Å². The molecule has 0 aliphatic carbocycles. The first-order valence-electron chi connectivity index (χ1n) is 8.29. The Labute approximate surface area is 163 Å². The molecular weight excluding hydrogens is 360 g/mol. The average Bonchev–Trinajstić information content (AvgIpc) is 2.69. The molecule has 3 aromatic carbocycles. The van der Waals surface area contributed by atoms with E-state index < -0.39 is 11.1 Å². The molecule has 0 fully saturated rings. The highest BCUT2D eigenvalue weighted by atomic mass is 32.2. The standard InChI is InChI=1S/C8H8O2.C7H8O2S.C7H8/c9-7-10-6-8-4-2-1-3-5-8;1-6-2-4-7(5-3-6)10(8)9;1-7-5-3-2-4-6-7/h1-5,7H,6H2;2-5H,1H3,(H,8,9);2-6H,1H3/p-1. The van der Waals surface area contributed by atoms with Gasteiger partial charge in [-0.3, -0.25) is 9.00 Å². The number of hydrogen-bond donors (Lipinski definition) is 0. The van der Waals surface area contributed by atoms with Crippen LogP contribution >= 0.6 is 0 Å². The van der Waals surface area contributed by atoms with Crippen molar-refractivity contribution in [1.82, 2.24) is 0 Å². The molecule has 0 radical (unpaired) electrons. The summed E-state index contributed by atoms with van der Waals surface area (Å²) in [4.78, 5) is 10.1. The summed E-state index contributed by atoms with van der Waals surface area (Å²) < 4.78 is 25.2. The predicted octanol–water partition coefficient (Wildman–Crippen LogP) is 4.59. The van der Waals surface area contributed by atoms with Gasteiger partial charge in [0, 0.05) is 4.90 Å². The second-order valence-corrected chi connectivity index (χ2v) is 6.54. The van der Waals surface area contributed by atoms with Crippen molar-refractivity contribution in [2.24, 2.45) is 0 Å². The third-order valence-corrected chi connectivity index (χ3v) is 3.97. The van der Waals surface area contributed by atoms with Crippen LogP contribution in [0.4, 0.5) is 0 Å². The van der Waals surface area contributed by atoms with Crippen molar-refractivity contribution in [3.05, 3.63) is 102 Å². The smallest absolute Gasteiger partial charge is 0.293 e. The van der Waals surface area contributed by atoms with Gasteiger partial charge in [0.2, 0.25) is 0 Å². The molecule has 0 saturated heterocycles. The Balaban J connectivity index is 0.000000206. The zero-order valence-corrected chi connectivity index (χ0v) is 16.2. The first kappa shape index (κ1) is 22.3. The fraction of sp³-hybridized carbons (Fsp3) is 0.136. The first-order chi connectivity index (χ1) is 13.0. The van der Waals surface area contributed by atoms with Crippen LogP contribution in [-0.2, 0) is 27.2 Å². The van der Waals surface area contributed by atoms with E-state index in [0.717, 1.165) is 11.1 Å². The largest absolute Gasteiger partial charge is 0.768 e. The first-order valence-corrected chi connectivity index (χ1v) is 9.37. The summed E-state index contributed by atoms with van der Waals surface area (Å²) in [5.74, 6) is 0. The molecule has 0 N–H and O–H groups in total. The topological polar surface area (TPSA) is 66.4 Å². The Bertz CT molecular complexity index is 788. The Hall–Kier alpha value is -2.76. The summed E-state index contributed by atoms with van der Waals surface area (Å²) in [6.07, 6.45) is 0. The summed E-state index contributed by atoms with van der Waals surface area (Å²) in [5, 5.41) is 0. The molecule has 0 aliphatic rings. The van der Waals surface area contributed by atoms with Gasteiger partial charge in [-0.2, -0.15) is 0 Å². The number of aryl methyl sites for hydroxylation is 2. The lowest BCUT2D eigenvalue weighted by Crippen LogP contribution is -1.88. The van der Waals surface area contributed by atoms with Crippen LogP contribution in [0.25, 0.3) is 0 Å². The molecule has 142 valence electrons. The van der Waals surface area contributed by atoms with Gasteiger partial charge in [0.1, 0.15) is 6.61 Å². The fourth-order valence-electron chi connectivity index (χ4n) is 1.89. The van der Waals surface area contributed by atoms with Gasteiger partial charge in [0.15, 0.2) is 0 Å². The summed E-state index contributed by atoms with van der Waals surface area (Å²) in [6, 6.07) is 26.5. The number of carbonyl (C=O) groups excluding carboxylic acids is 1. The summed E-state index contributed by atoms with van der Waals surface area (Å²) in [7, 11) is 0. The van der Waals surface area contributed by atoms with Gasteiger partial charge in [-0.15, -0.1) is 0 Å². The molecule has 0 bridgehead atoms. The maximum Gasteiger partial charge on any atom is 0.293 e. The number of hydrogen-bond acceptors (Lipinski definition) is 4. The SMILES string of the molecule is Cc1ccc(S(=O)[O-])cc1.Cc1ccccc1.O=COCc1ccccc1. The van der Waals surface area contributed by atoms with Gasteiger partial charge in [0.05, 0.1) is 0 Å². The summed E-state index contributed by atoms with van der Waals surface area (Å²) in [6.45, 7) is 4.81. The molecular formula is C22H23O4S-. The Morgan fingerprint density at radius 3 is 1.70 bits per heavy atom. The van der Waals surface area contributed by atoms with Crippen LogP contribution in [0.5, 0.6) is 0 Å². The van der Waals surface area contributed by atoms with Crippen LogP contribution < -0.4 is 0 Å². The second-order valence-electron chi connectivity index (χ2n) is 5.60. The highest BCUT2D eigenvalue weighted by Crippen LogP contribution is 2.05. The molecule has 5 heteroatoms. The molecule has 0 heterocycles. The maximum atomic E-state index is 10.3. The van der Waals surface area contributed by atoms with Crippen molar-refractivity contribution in [2.75, 3.05) is 0 Å². The van der Waals surface area contributed by atoms with Crippen molar-refractivity contribution >= 4 is 17.6 Å². The number of ether oxygens (including phenoxy) is 1. The third-order valence-electron chi connectivity index (χ3n) is 3.31. The number of rotatable bonds is 4. The van der Waals surface area contributed by atoms with Crippen molar-refractivity contribution in [3.63, 3.8) is 0 Å². The van der Waals surface area contributed by atoms with Gasteiger partial charge in [0.25, 0.3) is 6.47 Å². The van der Waals surface area contributed by atoms with Gasteiger partial charge >= 0.3 is 0 Å². The normalized spacial score (nSPS) is 10.3. The highest BCUT2D eigenvalue weighted by Gasteiger charge is 1.88. The van der Waals surface area contributed by atoms with E-state index in [4.69, 9.17) is 0 Å². The minimum absolute atomic E-state index is 0.339. The average molecular weight is 383 g/mol. The lowest BCUT2D eigenvalue weighted by molar-refractivity contribution is -0.129. The van der Waals surface area contributed by atoms with Crippen LogP contribution in [0.2, 0.25) is 0 Å². The van der Waals surface area contributed by atoms with E-state index in [2.05, 4.69) is 23.8 Å². The second kappa shape index (κ2) is 13.4. The zero-order valence-electron chi connectivity index (χ0n) is 15.4. The van der Waals surface area contributed by atoms with E-state index in [0.29, 0.717) is 18.0 Å². The molecule has 3 aromatic rings. The summed E-state index contributed by atoms with van der Waals surface area (Å²) in [5.41, 5.74) is 3.39. The molecule has 1 unspecified atom stereocenters. The Morgan fingerprint density at radius 1 is 0.815 bits per heavy atom. The minimum Gasteiger partial charge on any atom is -0.768 e. The van der Waals surface area contributed by atoms with Gasteiger partial charge < -0.3 is 9.29 Å². The lowest BCUT2D eigenvalue weighted by Gasteiger charge is -2.03. The van der Waals surface area contributed by atoms with Crippen LogP contribution in [-0.4, -0.2) is 15.2 Å². The molecule has 0 aromatic heterocycles. The van der Waals surface area contributed by atoms with Crippen LogP contribution in [0.1, 0.15) is 16.7 Å². The van der Waals surface area contributed by atoms with Crippen molar-refractivity contribution in [2.45, 2.75) is 25.3 Å². The quantitative estimate of drug-likeness (QED) is 0.488. The number of benzene rings is 3. The lowest BCUT2D eigenvalue weighted by atomic mass is 10.2. The van der Waals surface area contributed by atoms with E-state index in [1.165, 1.54) is 5.56 Å². The monoisotopic (exact) mass is 383 g/mol. The van der Waals surface area contributed by atoms with Crippen molar-refractivity contribution < 1.29 is 18.3 Å². The van der Waals surface area contributed by atoms with E-state index in [1.807, 2.05) is 55.5 Å². The predicted molar refractivity (Wildman–Crippen MR) is 107 cm³/mol. The molecule has 0 amide bonds. The molecule has 27 heavy (non-hydrogen) atoms. The highest BCUT2D eigenvalue weighted by molar-refractivity contribution is 7.79. The van der Waals surface area contributed by atoms with Crippen molar-refractivity contribution in [3.8, 4) is 0 Å². The van der Waals surface area contributed by atoms with Gasteiger partial charge in [-0.1, -0.05) is 83.9 Å².